The van der Waals surface area contributed by atoms with Crippen molar-refractivity contribution < 1.29 is 5.11 Å². The van der Waals surface area contributed by atoms with Gasteiger partial charge in [-0.1, -0.05) is 6.92 Å². The van der Waals surface area contributed by atoms with Crippen molar-refractivity contribution in [2.24, 2.45) is 5.92 Å². The van der Waals surface area contributed by atoms with Gasteiger partial charge >= 0.3 is 0 Å². The molecule has 1 unspecified atom stereocenters. The topological polar surface area (TPSA) is 35.5 Å². The van der Waals surface area contributed by atoms with Gasteiger partial charge in [-0.05, 0) is 53.5 Å². The van der Waals surface area contributed by atoms with Crippen LogP contribution in [0.5, 0.6) is 0 Å². The van der Waals surface area contributed by atoms with E-state index in [0.717, 1.165) is 26.1 Å². The quantitative estimate of drug-likeness (QED) is 0.686. The third kappa shape index (κ3) is 9.57. The molecule has 0 fully saturated rings. The number of aliphatic hydroxyl groups is 1. The smallest absolute Gasteiger partial charge is 0.0443 e. The summed E-state index contributed by atoms with van der Waals surface area (Å²) in [5.74, 6) is 0.635. The number of hydrogen-bond acceptors (Lipinski definition) is 3. The second-order valence-corrected chi connectivity index (χ2v) is 6.40. The van der Waals surface area contributed by atoms with Crippen molar-refractivity contribution in [3.8, 4) is 0 Å². The van der Waals surface area contributed by atoms with Gasteiger partial charge in [0, 0.05) is 31.3 Å². The molecular formula is C14H32N2O. The van der Waals surface area contributed by atoms with Crippen molar-refractivity contribution in [2.45, 2.75) is 59.5 Å². The maximum Gasteiger partial charge on any atom is 0.0443 e. The molecule has 0 saturated heterocycles. The highest BCUT2D eigenvalue weighted by atomic mass is 16.3. The zero-order chi connectivity index (χ0) is 13.5. The predicted octanol–water partition coefficient (Wildman–Crippen LogP) is 2.10. The highest BCUT2D eigenvalue weighted by Gasteiger charge is 2.15. The Morgan fingerprint density at radius 1 is 1.18 bits per heavy atom. The van der Waals surface area contributed by atoms with Gasteiger partial charge < -0.3 is 15.3 Å². The van der Waals surface area contributed by atoms with Crippen LogP contribution in [0.1, 0.15) is 48.0 Å². The second-order valence-electron chi connectivity index (χ2n) is 6.40. The summed E-state index contributed by atoms with van der Waals surface area (Å²) < 4.78 is 0. The van der Waals surface area contributed by atoms with E-state index in [4.69, 9.17) is 5.11 Å². The average molecular weight is 244 g/mol. The number of rotatable bonds is 8. The molecule has 0 saturated carbocycles. The van der Waals surface area contributed by atoms with E-state index in [-0.39, 0.29) is 12.1 Å². The molecule has 3 heteroatoms. The van der Waals surface area contributed by atoms with Crippen molar-refractivity contribution in [3.05, 3.63) is 0 Å². The molecule has 0 aromatic heterocycles. The second kappa shape index (κ2) is 8.06. The van der Waals surface area contributed by atoms with E-state index in [1.807, 2.05) is 0 Å². The van der Waals surface area contributed by atoms with Crippen molar-refractivity contribution >= 4 is 0 Å². The van der Waals surface area contributed by atoms with Crippen LogP contribution in [0.4, 0.5) is 0 Å². The van der Waals surface area contributed by atoms with Gasteiger partial charge in [0.05, 0.1) is 0 Å². The molecule has 0 spiro atoms. The van der Waals surface area contributed by atoms with Crippen molar-refractivity contribution in [1.82, 2.24) is 10.2 Å². The summed E-state index contributed by atoms with van der Waals surface area (Å²) in [5, 5.41) is 12.4. The van der Waals surface area contributed by atoms with Crippen molar-refractivity contribution in [3.63, 3.8) is 0 Å². The predicted molar refractivity (Wildman–Crippen MR) is 75.3 cm³/mol. The number of hydrogen-bond donors (Lipinski definition) is 2. The Bertz CT molecular complexity index is 187. The molecule has 0 rings (SSSR count). The standard InChI is InChI=1S/C14H32N2O/c1-12(2)16(8-7-9-17)11-13(3)10-15-14(4,5)6/h12-13,15,17H,7-11H2,1-6H3. The van der Waals surface area contributed by atoms with E-state index in [1.165, 1.54) is 0 Å². The Hall–Kier alpha value is -0.120. The third-order valence-electron chi connectivity index (χ3n) is 2.86. The van der Waals surface area contributed by atoms with E-state index in [0.29, 0.717) is 12.0 Å². The monoisotopic (exact) mass is 244 g/mol. The van der Waals surface area contributed by atoms with E-state index >= 15 is 0 Å². The van der Waals surface area contributed by atoms with Gasteiger partial charge in [-0.15, -0.1) is 0 Å². The summed E-state index contributed by atoms with van der Waals surface area (Å²) >= 11 is 0. The van der Waals surface area contributed by atoms with Gasteiger partial charge in [0.1, 0.15) is 0 Å². The molecule has 0 aliphatic rings. The largest absolute Gasteiger partial charge is 0.396 e. The van der Waals surface area contributed by atoms with Gasteiger partial charge in [-0.3, -0.25) is 0 Å². The Morgan fingerprint density at radius 3 is 2.18 bits per heavy atom. The lowest BCUT2D eigenvalue weighted by atomic mass is 10.1. The molecule has 0 aromatic rings. The molecule has 0 aromatic carbocycles. The van der Waals surface area contributed by atoms with Gasteiger partial charge in [0.15, 0.2) is 0 Å². The highest BCUT2D eigenvalue weighted by molar-refractivity contribution is 4.74. The molecule has 17 heavy (non-hydrogen) atoms. The molecule has 2 N–H and O–H groups in total. The van der Waals surface area contributed by atoms with Crippen LogP contribution in [-0.2, 0) is 0 Å². The first-order valence-corrected chi connectivity index (χ1v) is 6.86. The van der Waals surface area contributed by atoms with Crippen molar-refractivity contribution in [2.75, 3.05) is 26.2 Å². The Kier molecular flexibility index (Phi) is 8.01. The van der Waals surface area contributed by atoms with E-state index in [2.05, 4.69) is 51.8 Å². The van der Waals surface area contributed by atoms with Crippen LogP contribution in [0.3, 0.4) is 0 Å². The van der Waals surface area contributed by atoms with Crippen LogP contribution >= 0.6 is 0 Å². The summed E-state index contributed by atoms with van der Waals surface area (Å²) in [6, 6.07) is 0.554. The fourth-order valence-electron chi connectivity index (χ4n) is 1.78. The average Bonchev–Trinajstić information content (AvgIpc) is 2.19. The number of aliphatic hydroxyl groups excluding tert-OH is 1. The SMILES string of the molecule is CC(CNC(C)(C)C)CN(CCCO)C(C)C. The lowest BCUT2D eigenvalue weighted by Gasteiger charge is -2.31. The molecular weight excluding hydrogens is 212 g/mol. The summed E-state index contributed by atoms with van der Waals surface area (Å²) in [6.45, 7) is 16.8. The lowest BCUT2D eigenvalue weighted by Crippen LogP contribution is -2.43. The first-order chi connectivity index (χ1) is 7.76. The summed E-state index contributed by atoms with van der Waals surface area (Å²) in [5.41, 5.74) is 0.196. The molecule has 1 atom stereocenters. The zero-order valence-electron chi connectivity index (χ0n) is 12.6. The highest BCUT2D eigenvalue weighted by Crippen LogP contribution is 2.07. The Labute approximate surface area is 108 Å². The van der Waals surface area contributed by atoms with Crippen LogP contribution in [0, 0.1) is 5.92 Å². The Morgan fingerprint density at radius 2 is 1.76 bits per heavy atom. The number of nitrogens with zero attached hydrogens (tertiary/aromatic N) is 1. The summed E-state index contributed by atoms with van der Waals surface area (Å²) in [4.78, 5) is 2.45. The van der Waals surface area contributed by atoms with E-state index < -0.39 is 0 Å². The molecule has 3 nitrogen and oxygen atoms in total. The van der Waals surface area contributed by atoms with Crippen LogP contribution in [0.25, 0.3) is 0 Å². The lowest BCUT2D eigenvalue weighted by molar-refractivity contribution is 0.167. The van der Waals surface area contributed by atoms with Gasteiger partial charge in [0.25, 0.3) is 0 Å². The van der Waals surface area contributed by atoms with Crippen LogP contribution in [0.15, 0.2) is 0 Å². The summed E-state index contributed by atoms with van der Waals surface area (Å²) in [7, 11) is 0. The van der Waals surface area contributed by atoms with Gasteiger partial charge in [-0.25, -0.2) is 0 Å². The molecule has 0 amide bonds. The molecule has 0 heterocycles. The third-order valence-corrected chi connectivity index (χ3v) is 2.86. The minimum absolute atomic E-state index is 0.196. The number of nitrogens with one attached hydrogen (secondary N) is 1. The summed E-state index contributed by atoms with van der Waals surface area (Å²) in [6.07, 6.45) is 0.873. The van der Waals surface area contributed by atoms with E-state index in [1.54, 1.807) is 0 Å². The Balaban J connectivity index is 3.99. The van der Waals surface area contributed by atoms with E-state index in [9.17, 15) is 0 Å². The maximum absolute atomic E-state index is 8.90. The van der Waals surface area contributed by atoms with Crippen LogP contribution < -0.4 is 5.32 Å². The minimum atomic E-state index is 0.196. The van der Waals surface area contributed by atoms with Crippen LogP contribution in [0.2, 0.25) is 0 Å². The first-order valence-electron chi connectivity index (χ1n) is 6.86. The van der Waals surface area contributed by atoms with Crippen molar-refractivity contribution in [1.29, 1.82) is 0 Å². The molecule has 0 aliphatic carbocycles. The molecule has 0 bridgehead atoms. The minimum Gasteiger partial charge on any atom is -0.396 e. The van der Waals surface area contributed by atoms with Crippen LogP contribution in [-0.4, -0.2) is 47.8 Å². The van der Waals surface area contributed by atoms with Gasteiger partial charge in [-0.2, -0.15) is 0 Å². The molecule has 0 radical (unpaired) electrons. The molecule has 0 aliphatic heterocycles. The maximum atomic E-state index is 8.90. The fourth-order valence-corrected chi connectivity index (χ4v) is 1.78. The fraction of sp³-hybridized carbons (Fsp3) is 1.00. The normalized spacial score (nSPS) is 14.6. The zero-order valence-corrected chi connectivity index (χ0v) is 12.6. The molecule has 104 valence electrons. The van der Waals surface area contributed by atoms with Gasteiger partial charge in [0.2, 0.25) is 0 Å². The first kappa shape index (κ1) is 16.9.